The minimum atomic E-state index is -0.832. The zero-order chi connectivity index (χ0) is 14.7. The summed E-state index contributed by atoms with van der Waals surface area (Å²) < 4.78 is 0.928. The number of anilines is 1. The molecule has 0 saturated carbocycles. The number of carboxylic acid groups (broad SMARTS) is 1. The lowest BCUT2D eigenvalue weighted by Crippen LogP contribution is -2.44. The van der Waals surface area contributed by atoms with Crippen LogP contribution in [0.2, 0.25) is 0 Å². The number of carbonyl (C=O) groups is 2. The van der Waals surface area contributed by atoms with Gasteiger partial charge in [-0.1, -0.05) is 22.0 Å². The molecule has 108 valence electrons. The molecule has 1 aromatic rings. The number of hydrogen-bond donors (Lipinski definition) is 2. The lowest BCUT2D eigenvalue weighted by atomic mass is 9.99. The topological polar surface area (TPSA) is 69.6 Å². The minimum absolute atomic E-state index is 0.239. The summed E-state index contributed by atoms with van der Waals surface area (Å²) in [4.78, 5) is 24.8. The molecule has 0 radical (unpaired) electrons. The first-order chi connectivity index (χ1) is 9.49. The lowest BCUT2D eigenvalue weighted by molar-refractivity contribution is -0.143. The van der Waals surface area contributed by atoms with Crippen molar-refractivity contribution in [2.45, 2.75) is 19.8 Å². The number of halogens is 1. The van der Waals surface area contributed by atoms with Crippen LogP contribution in [0.25, 0.3) is 0 Å². The molecule has 1 unspecified atom stereocenters. The third-order valence-corrected chi connectivity index (χ3v) is 4.43. The summed E-state index contributed by atoms with van der Waals surface area (Å²) >= 11 is 3.42. The van der Waals surface area contributed by atoms with Gasteiger partial charge in [0.05, 0.1) is 5.92 Å². The molecule has 0 aliphatic carbocycles. The van der Waals surface area contributed by atoms with Crippen molar-refractivity contribution in [3.8, 4) is 0 Å². The zero-order valence-corrected chi connectivity index (χ0v) is 12.8. The molecule has 1 aromatic carbocycles. The standard InChI is InChI=1S/C14H17BrN2O3/c1-9-11(15)5-2-6-12(9)16-14(20)17-7-3-4-10(8-17)13(18)19/h2,5-6,10H,3-4,7-8H2,1H3,(H,16,20)(H,18,19). The van der Waals surface area contributed by atoms with Gasteiger partial charge in [0.25, 0.3) is 0 Å². The van der Waals surface area contributed by atoms with Crippen molar-refractivity contribution in [1.82, 2.24) is 4.90 Å². The number of hydrogen-bond acceptors (Lipinski definition) is 2. The van der Waals surface area contributed by atoms with Gasteiger partial charge in [0, 0.05) is 23.2 Å². The van der Waals surface area contributed by atoms with Crippen molar-refractivity contribution in [2.24, 2.45) is 5.92 Å². The molecule has 2 rings (SSSR count). The molecule has 0 bridgehead atoms. The highest BCUT2D eigenvalue weighted by Gasteiger charge is 2.28. The van der Waals surface area contributed by atoms with Crippen LogP contribution in [0.5, 0.6) is 0 Å². The van der Waals surface area contributed by atoms with Gasteiger partial charge in [-0.3, -0.25) is 4.79 Å². The number of piperidine rings is 1. The summed E-state index contributed by atoms with van der Waals surface area (Å²) in [6.07, 6.45) is 1.36. The second-order valence-electron chi connectivity index (χ2n) is 4.97. The van der Waals surface area contributed by atoms with E-state index in [0.29, 0.717) is 13.0 Å². The summed E-state index contributed by atoms with van der Waals surface area (Å²) in [6, 6.07) is 5.35. The molecule has 2 N–H and O–H groups in total. The molecule has 1 aliphatic heterocycles. The monoisotopic (exact) mass is 340 g/mol. The van der Waals surface area contributed by atoms with Crippen LogP contribution >= 0.6 is 15.9 Å². The fourth-order valence-electron chi connectivity index (χ4n) is 2.30. The van der Waals surface area contributed by atoms with E-state index in [2.05, 4.69) is 21.2 Å². The predicted molar refractivity (Wildman–Crippen MR) is 79.8 cm³/mol. The second-order valence-corrected chi connectivity index (χ2v) is 5.82. The average Bonchev–Trinajstić information content (AvgIpc) is 2.44. The molecule has 0 aromatic heterocycles. The van der Waals surface area contributed by atoms with Crippen LogP contribution in [0.3, 0.4) is 0 Å². The van der Waals surface area contributed by atoms with Crippen LogP contribution < -0.4 is 5.32 Å². The number of rotatable bonds is 2. The van der Waals surface area contributed by atoms with Crippen LogP contribution in [0.1, 0.15) is 18.4 Å². The number of nitrogens with zero attached hydrogens (tertiary/aromatic N) is 1. The second kappa shape index (κ2) is 6.26. The minimum Gasteiger partial charge on any atom is -0.481 e. The maximum Gasteiger partial charge on any atom is 0.321 e. The highest BCUT2D eigenvalue weighted by molar-refractivity contribution is 9.10. The van der Waals surface area contributed by atoms with Crippen LogP contribution in [-0.4, -0.2) is 35.1 Å². The number of likely N-dealkylation sites (tertiary alicyclic amines) is 1. The molecule has 5 nitrogen and oxygen atoms in total. The van der Waals surface area contributed by atoms with E-state index in [1.54, 1.807) is 4.90 Å². The van der Waals surface area contributed by atoms with E-state index < -0.39 is 11.9 Å². The molecular formula is C14H17BrN2O3. The number of carboxylic acids is 1. The van der Waals surface area contributed by atoms with E-state index in [1.165, 1.54) is 0 Å². The third-order valence-electron chi connectivity index (χ3n) is 3.57. The lowest BCUT2D eigenvalue weighted by Gasteiger charge is -2.30. The van der Waals surface area contributed by atoms with Gasteiger partial charge in [-0.2, -0.15) is 0 Å². The number of carbonyl (C=O) groups excluding carboxylic acids is 1. The van der Waals surface area contributed by atoms with Gasteiger partial charge in [0.1, 0.15) is 0 Å². The molecule has 1 aliphatic rings. The van der Waals surface area contributed by atoms with Gasteiger partial charge in [0.2, 0.25) is 0 Å². The van der Waals surface area contributed by atoms with Gasteiger partial charge in [-0.05, 0) is 37.5 Å². The SMILES string of the molecule is Cc1c(Br)cccc1NC(=O)N1CCCC(C(=O)O)C1. The maximum absolute atomic E-state index is 12.2. The Morgan fingerprint density at radius 3 is 2.90 bits per heavy atom. The van der Waals surface area contributed by atoms with E-state index >= 15 is 0 Å². The maximum atomic E-state index is 12.2. The fourth-order valence-corrected chi connectivity index (χ4v) is 2.67. The first kappa shape index (κ1) is 14.8. The van der Waals surface area contributed by atoms with Crippen molar-refractivity contribution in [3.63, 3.8) is 0 Å². The smallest absolute Gasteiger partial charge is 0.321 e. The number of aliphatic carboxylic acids is 1. The van der Waals surface area contributed by atoms with E-state index in [1.807, 2.05) is 25.1 Å². The Hall–Kier alpha value is -1.56. The quantitative estimate of drug-likeness (QED) is 0.869. The van der Waals surface area contributed by atoms with Gasteiger partial charge >= 0.3 is 12.0 Å². The number of nitrogens with one attached hydrogen (secondary N) is 1. The van der Waals surface area contributed by atoms with Crippen LogP contribution in [-0.2, 0) is 4.79 Å². The van der Waals surface area contributed by atoms with E-state index in [-0.39, 0.29) is 12.6 Å². The molecule has 20 heavy (non-hydrogen) atoms. The summed E-state index contributed by atoms with van der Waals surface area (Å²) in [5, 5.41) is 11.9. The molecule has 1 fully saturated rings. The highest BCUT2D eigenvalue weighted by atomic mass is 79.9. The average molecular weight is 341 g/mol. The highest BCUT2D eigenvalue weighted by Crippen LogP contribution is 2.24. The van der Waals surface area contributed by atoms with Crippen LogP contribution in [0.15, 0.2) is 22.7 Å². The van der Waals surface area contributed by atoms with Crippen molar-refractivity contribution in [2.75, 3.05) is 18.4 Å². The molecule has 6 heteroatoms. The zero-order valence-electron chi connectivity index (χ0n) is 11.2. The summed E-state index contributed by atoms with van der Waals surface area (Å²) in [6.45, 7) is 2.78. The summed E-state index contributed by atoms with van der Waals surface area (Å²) in [5.74, 6) is -1.29. The van der Waals surface area contributed by atoms with Gasteiger partial charge in [-0.15, -0.1) is 0 Å². The molecule has 1 atom stereocenters. The molecule has 0 spiro atoms. The normalized spacial score (nSPS) is 18.7. The van der Waals surface area contributed by atoms with E-state index in [4.69, 9.17) is 5.11 Å². The molecule has 1 heterocycles. The van der Waals surface area contributed by atoms with Crippen molar-refractivity contribution >= 4 is 33.6 Å². The Morgan fingerprint density at radius 1 is 1.45 bits per heavy atom. The third kappa shape index (κ3) is 3.30. The molecule has 2 amide bonds. The van der Waals surface area contributed by atoms with Crippen LogP contribution in [0, 0.1) is 12.8 Å². The molecule has 1 saturated heterocycles. The van der Waals surface area contributed by atoms with E-state index in [0.717, 1.165) is 22.1 Å². The van der Waals surface area contributed by atoms with Crippen molar-refractivity contribution in [3.05, 3.63) is 28.2 Å². The van der Waals surface area contributed by atoms with Crippen molar-refractivity contribution < 1.29 is 14.7 Å². The Morgan fingerprint density at radius 2 is 2.20 bits per heavy atom. The Labute approximate surface area is 126 Å². The van der Waals surface area contributed by atoms with Gasteiger partial charge < -0.3 is 15.3 Å². The number of amides is 2. The Kier molecular flexibility index (Phi) is 4.65. The van der Waals surface area contributed by atoms with Crippen molar-refractivity contribution in [1.29, 1.82) is 0 Å². The van der Waals surface area contributed by atoms with Crippen LogP contribution in [0.4, 0.5) is 10.5 Å². The summed E-state index contributed by atoms with van der Waals surface area (Å²) in [5.41, 5.74) is 1.69. The van der Waals surface area contributed by atoms with E-state index in [9.17, 15) is 9.59 Å². The van der Waals surface area contributed by atoms with Gasteiger partial charge in [0.15, 0.2) is 0 Å². The first-order valence-electron chi connectivity index (χ1n) is 6.53. The molecular weight excluding hydrogens is 324 g/mol. The van der Waals surface area contributed by atoms with Gasteiger partial charge in [-0.25, -0.2) is 4.79 Å². The predicted octanol–water partition coefficient (Wildman–Crippen LogP) is 3.09. The largest absolute Gasteiger partial charge is 0.481 e. The number of benzene rings is 1. The Bertz CT molecular complexity index is 533. The first-order valence-corrected chi connectivity index (χ1v) is 7.32. The fraction of sp³-hybridized carbons (Fsp3) is 0.429. The summed E-state index contributed by atoms with van der Waals surface area (Å²) in [7, 11) is 0. The number of urea groups is 1. The Balaban J connectivity index is 2.04.